The van der Waals surface area contributed by atoms with Gasteiger partial charge in [0.2, 0.25) is 0 Å². The van der Waals surface area contributed by atoms with Crippen LogP contribution in [-0.4, -0.2) is 0 Å². The molecule has 0 aliphatic carbocycles. The zero-order chi connectivity index (χ0) is 20.9. The molecule has 0 spiro atoms. The van der Waals surface area contributed by atoms with Gasteiger partial charge >= 0.3 is 45.2 Å². The standard InChI is InChI=1S/C18H15P.4CO.Fe/c1-4-10-16(11-5-1)19(17-12-6-2-7-13-17)18-14-8-3-9-15-18;4*1-2;/h1-15H;;;;;/p+1. The van der Waals surface area contributed by atoms with Crippen molar-refractivity contribution in [3.63, 3.8) is 0 Å². The van der Waals surface area contributed by atoms with Crippen LogP contribution in [0, 0.1) is 26.6 Å². The van der Waals surface area contributed by atoms with Crippen LogP contribution >= 0.6 is 7.92 Å². The van der Waals surface area contributed by atoms with Gasteiger partial charge in [0.25, 0.3) is 0 Å². The fraction of sp³-hybridized carbons (Fsp3) is 0. The van der Waals surface area contributed by atoms with E-state index in [2.05, 4.69) is 118 Å². The quantitative estimate of drug-likeness (QED) is 0.265. The largest absolute Gasteiger partial charge is 0.102 e. The van der Waals surface area contributed by atoms with Crippen molar-refractivity contribution in [2.24, 2.45) is 0 Å². The summed E-state index contributed by atoms with van der Waals surface area (Å²) in [5.41, 5.74) is 0. The van der Waals surface area contributed by atoms with E-state index in [1.807, 2.05) is 0 Å². The first-order valence-electron chi connectivity index (χ1n) is 7.30. The van der Waals surface area contributed by atoms with Gasteiger partial charge in [-0.3, -0.25) is 0 Å². The normalized spacial score (nSPS) is 7.46. The van der Waals surface area contributed by atoms with E-state index in [1.165, 1.54) is 15.9 Å². The Hall–Kier alpha value is -2.43. The Bertz CT molecular complexity index is 683. The molecule has 0 bridgehead atoms. The van der Waals surface area contributed by atoms with E-state index in [9.17, 15) is 0 Å². The fourth-order valence-corrected chi connectivity index (χ4v) is 4.89. The van der Waals surface area contributed by atoms with E-state index in [1.54, 1.807) is 0 Å². The summed E-state index contributed by atoms with van der Waals surface area (Å²) in [5, 5.41) is 4.31. The summed E-state index contributed by atoms with van der Waals surface area (Å²) < 4.78 is 30.0. The number of hydrogen-bond acceptors (Lipinski definition) is 0. The van der Waals surface area contributed by atoms with E-state index in [0.717, 1.165) is 0 Å². The van der Waals surface area contributed by atoms with Crippen molar-refractivity contribution in [2.75, 3.05) is 0 Å². The Morgan fingerprint density at radius 1 is 0.393 bits per heavy atom. The van der Waals surface area contributed by atoms with Gasteiger partial charge in [0.1, 0.15) is 15.9 Å². The first-order chi connectivity index (χ1) is 13.4. The first-order valence-corrected chi connectivity index (χ1v) is 8.80. The summed E-state index contributed by atoms with van der Waals surface area (Å²) >= 11 is 0. The maximum absolute atomic E-state index is 7.50. The summed E-state index contributed by atoms with van der Waals surface area (Å²) in [6.45, 7) is 18.0. The van der Waals surface area contributed by atoms with Crippen LogP contribution in [0.4, 0.5) is 0 Å². The van der Waals surface area contributed by atoms with Crippen molar-refractivity contribution in [3.05, 3.63) is 118 Å². The van der Waals surface area contributed by atoms with Crippen LogP contribution < -0.4 is 15.9 Å². The minimum absolute atomic E-state index is 0. The maximum atomic E-state index is 7.50. The summed E-state index contributed by atoms with van der Waals surface area (Å²) in [5.74, 6) is 0. The summed E-state index contributed by atoms with van der Waals surface area (Å²) in [4.78, 5) is 0. The molecule has 0 atom stereocenters. The van der Waals surface area contributed by atoms with Crippen molar-refractivity contribution < 1.29 is 35.7 Å². The molecule has 140 valence electrons. The Balaban J connectivity index is -0.000000622. The molecule has 0 aliphatic heterocycles. The van der Waals surface area contributed by atoms with Gasteiger partial charge in [-0.15, -0.1) is 0 Å². The first kappa shape index (κ1) is 30.3. The van der Waals surface area contributed by atoms with E-state index >= 15 is 0 Å². The predicted molar refractivity (Wildman–Crippen MR) is 102 cm³/mol. The number of rotatable bonds is 3. The van der Waals surface area contributed by atoms with Crippen molar-refractivity contribution in [1.29, 1.82) is 0 Å². The van der Waals surface area contributed by atoms with Crippen LogP contribution in [0.25, 0.3) is 0 Å². The van der Waals surface area contributed by atoms with Crippen LogP contribution in [0.15, 0.2) is 91.0 Å². The Labute approximate surface area is 177 Å². The van der Waals surface area contributed by atoms with Crippen molar-refractivity contribution in [2.45, 2.75) is 0 Å². The summed E-state index contributed by atoms with van der Waals surface area (Å²) in [7, 11) is -0.877. The monoisotopic (exact) mass is 431 g/mol. The van der Waals surface area contributed by atoms with Gasteiger partial charge in [0, 0.05) is 17.1 Å². The molecule has 0 amide bonds. The zero-order valence-electron chi connectivity index (χ0n) is 14.6. The molecule has 0 saturated carbocycles. The Kier molecular flexibility index (Phi) is 24.5. The molecule has 3 rings (SSSR count). The molecule has 0 N–H and O–H groups in total. The molecular formula is C22H16FeO4P+. The SMILES string of the molecule is [C-]#[O+].[C-]#[O+].[C-]#[O+].[C-]#[O+].[Fe].c1ccc([PH+](c2ccccc2)c2ccccc2)cc1. The third-order valence-electron chi connectivity index (χ3n) is 3.19. The summed E-state index contributed by atoms with van der Waals surface area (Å²) in [6, 6.07) is 32.5. The minimum Gasteiger partial charge on any atom is -0.0620 e. The molecule has 4 nitrogen and oxygen atoms in total. The van der Waals surface area contributed by atoms with Crippen LogP contribution in [0.1, 0.15) is 0 Å². The Morgan fingerprint density at radius 2 is 0.571 bits per heavy atom. The van der Waals surface area contributed by atoms with Gasteiger partial charge < -0.3 is 0 Å². The predicted octanol–water partition coefficient (Wildman–Crippen LogP) is 3.02. The van der Waals surface area contributed by atoms with Crippen LogP contribution in [0.5, 0.6) is 0 Å². The van der Waals surface area contributed by atoms with Crippen LogP contribution in [0.3, 0.4) is 0 Å². The average Bonchev–Trinajstić information content (AvgIpc) is 2.82. The molecule has 3 aromatic rings. The zero-order valence-corrected chi connectivity index (χ0v) is 16.8. The second-order valence-electron chi connectivity index (χ2n) is 4.47. The molecule has 0 radical (unpaired) electrons. The molecule has 0 aliphatic rings. The van der Waals surface area contributed by atoms with E-state index in [4.69, 9.17) is 18.6 Å². The molecule has 28 heavy (non-hydrogen) atoms. The average molecular weight is 431 g/mol. The third kappa shape index (κ3) is 10.7. The van der Waals surface area contributed by atoms with Gasteiger partial charge in [0.05, 0.1) is 7.92 Å². The molecule has 0 saturated heterocycles. The second kappa shape index (κ2) is 22.6. The van der Waals surface area contributed by atoms with Crippen molar-refractivity contribution in [3.8, 4) is 0 Å². The second-order valence-corrected chi connectivity index (χ2v) is 6.96. The van der Waals surface area contributed by atoms with E-state index in [-0.39, 0.29) is 17.1 Å². The Morgan fingerprint density at radius 3 is 0.750 bits per heavy atom. The maximum Gasteiger partial charge on any atom is 0.102 e. The van der Waals surface area contributed by atoms with Crippen LogP contribution in [0.2, 0.25) is 0 Å². The number of hydrogen-bond donors (Lipinski definition) is 0. The topological polar surface area (TPSA) is 79.6 Å². The van der Waals surface area contributed by atoms with Gasteiger partial charge in [-0.25, -0.2) is 0 Å². The van der Waals surface area contributed by atoms with Crippen molar-refractivity contribution >= 4 is 23.8 Å². The molecule has 0 heterocycles. The van der Waals surface area contributed by atoms with Gasteiger partial charge in [-0.1, -0.05) is 54.6 Å². The molecule has 0 unspecified atom stereocenters. The summed E-state index contributed by atoms with van der Waals surface area (Å²) in [6.07, 6.45) is 0. The van der Waals surface area contributed by atoms with Gasteiger partial charge in [-0.2, -0.15) is 0 Å². The molecule has 0 fully saturated rings. The minimum atomic E-state index is -0.877. The smallest absolute Gasteiger partial charge is 0.0620 e. The van der Waals surface area contributed by atoms with Gasteiger partial charge in [0.15, 0.2) is 0 Å². The molecule has 0 aromatic heterocycles. The number of benzene rings is 3. The molecule has 6 heteroatoms. The molecule has 3 aromatic carbocycles. The van der Waals surface area contributed by atoms with E-state index < -0.39 is 7.92 Å². The van der Waals surface area contributed by atoms with Crippen molar-refractivity contribution in [1.82, 2.24) is 0 Å². The molecular weight excluding hydrogens is 415 g/mol. The third-order valence-corrected chi connectivity index (χ3v) is 5.92. The fourth-order valence-electron chi connectivity index (χ4n) is 2.31. The van der Waals surface area contributed by atoms with E-state index in [0.29, 0.717) is 0 Å². The van der Waals surface area contributed by atoms with Crippen LogP contribution in [-0.2, 0) is 35.7 Å². The van der Waals surface area contributed by atoms with Gasteiger partial charge in [-0.05, 0) is 36.4 Å².